The number of hydrogen-bond acceptors (Lipinski definition) is 2. The summed E-state index contributed by atoms with van der Waals surface area (Å²) in [4.78, 5) is 0. The summed E-state index contributed by atoms with van der Waals surface area (Å²) in [5.41, 5.74) is 0. The van der Waals surface area contributed by atoms with Crippen LogP contribution in [0.4, 0.5) is 0 Å². The molecule has 0 aliphatic carbocycles. The van der Waals surface area contributed by atoms with Crippen molar-refractivity contribution in [3.8, 4) is 0 Å². The number of rotatable bonds is 0. The second kappa shape index (κ2) is 7.43. The molecule has 0 unspecified atom stereocenters. The molecule has 10 heavy (non-hydrogen) atoms. The van der Waals surface area contributed by atoms with Crippen LogP contribution in [0, 0.1) is 0 Å². The summed E-state index contributed by atoms with van der Waals surface area (Å²) >= 11 is 0. The molecular formula is C6H16O2SSi. The minimum atomic E-state index is -0.611. The van der Waals surface area contributed by atoms with E-state index in [4.69, 9.17) is 4.43 Å². The van der Waals surface area contributed by atoms with Crippen LogP contribution in [0.15, 0.2) is 0 Å². The predicted octanol–water partition coefficient (Wildman–Crippen LogP) is 0.294. The van der Waals surface area contributed by atoms with Crippen molar-refractivity contribution in [3.63, 3.8) is 0 Å². The molecule has 0 saturated carbocycles. The molecule has 0 radical (unpaired) electrons. The van der Waals surface area contributed by atoms with Crippen LogP contribution < -0.4 is 0 Å². The van der Waals surface area contributed by atoms with Crippen molar-refractivity contribution in [1.29, 1.82) is 0 Å². The van der Waals surface area contributed by atoms with Crippen LogP contribution in [0.3, 0.4) is 0 Å². The van der Waals surface area contributed by atoms with Gasteiger partial charge in [0.1, 0.15) is 0 Å². The third-order valence-electron chi connectivity index (χ3n) is 1.08. The minimum Gasteiger partial charge on any atom is -0.424 e. The van der Waals surface area contributed by atoms with Crippen LogP contribution in [0.25, 0.3) is 0 Å². The smallest absolute Gasteiger partial charge is 0.161 e. The SMILES string of the molecule is C1CC[SiH2]OC1.CS(C)=O. The van der Waals surface area contributed by atoms with Crippen molar-refractivity contribution < 1.29 is 8.63 Å². The van der Waals surface area contributed by atoms with E-state index in [0.717, 1.165) is 6.61 Å². The van der Waals surface area contributed by atoms with E-state index in [1.165, 1.54) is 18.9 Å². The lowest BCUT2D eigenvalue weighted by Gasteiger charge is -2.07. The van der Waals surface area contributed by atoms with Crippen molar-refractivity contribution in [1.82, 2.24) is 0 Å². The van der Waals surface area contributed by atoms with Gasteiger partial charge in [0.05, 0.1) is 0 Å². The first kappa shape index (κ1) is 10.3. The lowest BCUT2D eigenvalue weighted by atomic mass is 10.4. The van der Waals surface area contributed by atoms with Crippen LogP contribution in [-0.2, 0) is 15.2 Å². The molecule has 4 heteroatoms. The molecule has 1 aliphatic rings. The summed E-state index contributed by atoms with van der Waals surface area (Å²) in [5.74, 6) is 0. The van der Waals surface area contributed by atoms with Gasteiger partial charge in [-0.25, -0.2) is 0 Å². The van der Waals surface area contributed by atoms with Crippen LogP contribution in [0.1, 0.15) is 12.8 Å². The van der Waals surface area contributed by atoms with Crippen LogP contribution in [0.2, 0.25) is 6.04 Å². The van der Waals surface area contributed by atoms with Crippen LogP contribution in [-0.4, -0.2) is 33.1 Å². The summed E-state index contributed by atoms with van der Waals surface area (Å²) in [6.07, 6.45) is 6.03. The predicted molar refractivity (Wildman–Crippen MR) is 48.5 cm³/mol. The van der Waals surface area contributed by atoms with Gasteiger partial charge in [-0.15, -0.1) is 0 Å². The van der Waals surface area contributed by atoms with Crippen LogP contribution >= 0.6 is 0 Å². The van der Waals surface area contributed by atoms with Gasteiger partial charge in [0.2, 0.25) is 0 Å². The zero-order chi connectivity index (χ0) is 7.82. The van der Waals surface area contributed by atoms with Gasteiger partial charge in [-0.05, 0) is 12.5 Å². The Morgan fingerprint density at radius 2 is 2.00 bits per heavy atom. The van der Waals surface area contributed by atoms with E-state index < -0.39 is 10.8 Å². The Morgan fingerprint density at radius 3 is 2.10 bits per heavy atom. The standard InChI is InChI=1S/C4H10OSi.C2H6OS/c1-2-4-6-5-3-1;1-4(2)3/h1-4,6H2;1-2H3. The lowest BCUT2D eigenvalue weighted by Crippen LogP contribution is -2.06. The van der Waals surface area contributed by atoms with Crippen molar-refractivity contribution in [2.75, 3.05) is 19.1 Å². The molecule has 0 spiro atoms. The highest BCUT2D eigenvalue weighted by Gasteiger charge is 1.96. The van der Waals surface area contributed by atoms with Gasteiger partial charge in [0, 0.05) is 29.9 Å². The lowest BCUT2D eigenvalue weighted by molar-refractivity contribution is 0.304. The third kappa shape index (κ3) is 11.2. The van der Waals surface area contributed by atoms with Gasteiger partial charge < -0.3 is 4.43 Å². The fourth-order valence-electron chi connectivity index (χ4n) is 0.687. The minimum absolute atomic E-state index is 0.00849. The maximum atomic E-state index is 9.56. The fraction of sp³-hybridized carbons (Fsp3) is 1.00. The molecule has 1 rings (SSSR count). The van der Waals surface area contributed by atoms with E-state index in [1.54, 1.807) is 12.5 Å². The Balaban J connectivity index is 0.000000180. The van der Waals surface area contributed by atoms with Gasteiger partial charge in [-0.2, -0.15) is 0 Å². The molecule has 2 nitrogen and oxygen atoms in total. The van der Waals surface area contributed by atoms with E-state index in [2.05, 4.69) is 0 Å². The first-order valence-corrected chi connectivity index (χ1v) is 7.10. The average molecular weight is 180 g/mol. The summed E-state index contributed by atoms with van der Waals surface area (Å²) in [7, 11) is -0.603. The largest absolute Gasteiger partial charge is 0.424 e. The topological polar surface area (TPSA) is 26.3 Å². The van der Waals surface area contributed by atoms with Gasteiger partial charge in [0.15, 0.2) is 9.76 Å². The Labute approximate surface area is 67.7 Å². The molecule has 0 aromatic rings. The van der Waals surface area contributed by atoms with Crippen molar-refractivity contribution in [3.05, 3.63) is 0 Å². The van der Waals surface area contributed by atoms with Gasteiger partial charge in [-0.1, -0.05) is 6.42 Å². The Morgan fingerprint density at radius 1 is 1.40 bits per heavy atom. The van der Waals surface area contributed by atoms with E-state index in [0.29, 0.717) is 0 Å². The van der Waals surface area contributed by atoms with Gasteiger partial charge in [-0.3, -0.25) is 4.21 Å². The zero-order valence-electron chi connectivity index (χ0n) is 6.76. The molecule has 1 aliphatic heterocycles. The maximum Gasteiger partial charge on any atom is 0.161 e. The molecule has 1 fully saturated rings. The average Bonchev–Trinajstić information content (AvgIpc) is 1.90. The van der Waals surface area contributed by atoms with Crippen molar-refractivity contribution in [2.45, 2.75) is 18.9 Å². The van der Waals surface area contributed by atoms with E-state index in [-0.39, 0.29) is 9.76 Å². The summed E-state index contributed by atoms with van der Waals surface area (Å²) in [6, 6.07) is 1.42. The van der Waals surface area contributed by atoms with Gasteiger partial charge >= 0.3 is 0 Å². The molecule has 0 aromatic heterocycles. The zero-order valence-corrected chi connectivity index (χ0v) is 8.99. The normalized spacial score (nSPS) is 20.3. The summed E-state index contributed by atoms with van der Waals surface area (Å²) in [5, 5.41) is 0. The second-order valence-electron chi connectivity index (χ2n) is 2.41. The molecule has 0 bridgehead atoms. The monoisotopic (exact) mass is 180 g/mol. The Kier molecular flexibility index (Phi) is 7.68. The molecule has 1 saturated heterocycles. The first-order chi connectivity index (χ1) is 4.73. The molecule has 0 aromatic carbocycles. The van der Waals surface area contributed by atoms with E-state index in [9.17, 15) is 4.21 Å². The summed E-state index contributed by atoms with van der Waals surface area (Å²) in [6.45, 7) is 1.06. The molecule has 1 heterocycles. The fourth-order valence-corrected chi connectivity index (χ4v) is 1.86. The first-order valence-electron chi connectivity index (χ1n) is 3.56. The quantitative estimate of drug-likeness (QED) is 0.501. The van der Waals surface area contributed by atoms with E-state index >= 15 is 0 Å². The second-order valence-corrected chi connectivity index (χ2v) is 5.42. The number of hydrogen-bond donors (Lipinski definition) is 0. The van der Waals surface area contributed by atoms with Crippen molar-refractivity contribution >= 4 is 20.6 Å². The van der Waals surface area contributed by atoms with Gasteiger partial charge in [0.25, 0.3) is 0 Å². The van der Waals surface area contributed by atoms with E-state index in [1.807, 2.05) is 0 Å². The molecular weight excluding hydrogens is 164 g/mol. The highest BCUT2D eigenvalue weighted by molar-refractivity contribution is 7.83. The molecule has 0 amide bonds. The van der Waals surface area contributed by atoms with Crippen LogP contribution in [0.5, 0.6) is 0 Å². The molecule has 62 valence electrons. The third-order valence-corrected chi connectivity index (χ3v) is 2.44. The highest BCUT2D eigenvalue weighted by Crippen LogP contribution is 2.01. The maximum absolute atomic E-state index is 9.56. The highest BCUT2D eigenvalue weighted by atomic mass is 32.2. The summed E-state index contributed by atoms with van der Waals surface area (Å²) < 4.78 is 14.8. The molecule has 0 N–H and O–H groups in total. The Bertz CT molecular complexity index is 78.2. The Hall–Kier alpha value is 0.327. The van der Waals surface area contributed by atoms with Crippen molar-refractivity contribution in [2.24, 2.45) is 0 Å². The molecule has 0 atom stereocenters.